The van der Waals surface area contributed by atoms with E-state index in [2.05, 4.69) is 11.9 Å². The van der Waals surface area contributed by atoms with Crippen LogP contribution in [0.15, 0.2) is 42.6 Å². The molecule has 1 aromatic heterocycles. The van der Waals surface area contributed by atoms with Gasteiger partial charge in [0.1, 0.15) is 0 Å². The lowest BCUT2D eigenvalue weighted by Crippen LogP contribution is -2.35. The van der Waals surface area contributed by atoms with Gasteiger partial charge in [0.2, 0.25) is 5.91 Å². The van der Waals surface area contributed by atoms with E-state index in [1.54, 1.807) is 23.2 Å². The van der Waals surface area contributed by atoms with Crippen LogP contribution in [0.2, 0.25) is 0 Å². The van der Waals surface area contributed by atoms with Crippen molar-refractivity contribution in [1.29, 1.82) is 0 Å². The molecule has 0 N–H and O–H groups in total. The maximum Gasteiger partial charge on any atom is 0.235 e. The molecule has 1 amide bonds. The van der Waals surface area contributed by atoms with Crippen molar-refractivity contribution in [3.05, 3.63) is 53.7 Å². The van der Waals surface area contributed by atoms with Gasteiger partial charge in [0.25, 0.3) is 0 Å². The monoisotopic (exact) mass is 334 g/mol. The van der Waals surface area contributed by atoms with E-state index in [1.807, 2.05) is 24.3 Å². The van der Waals surface area contributed by atoms with Gasteiger partial charge in [-0.25, -0.2) is 4.98 Å². The number of rotatable bonds is 1. The molecule has 0 spiro atoms. The lowest BCUT2D eigenvalue weighted by Gasteiger charge is -2.31. The van der Waals surface area contributed by atoms with Crippen LogP contribution in [0.25, 0.3) is 0 Å². The van der Waals surface area contributed by atoms with Gasteiger partial charge in [0.05, 0.1) is 11.3 Å². The average molecular weight is 334 g/mol. The number of fused-ring (bicyclic) bond motifs is 2. The van der Waals surface area contributed by atoms with E-state index in [0.717, 1.165) is 36.9 Å². The summed E-state index contributed by atoms with van der Waals surface area (Å²) in [6.07, 6.45) is 5.95. The molecule has 1 aliphatic carbocycles. The third-order valence-electron chi connectivity index (χ3n) is 5.47. The van der Waals surface area contributed by atoms with Gasteiger partial charge >= 0.3 is 0 Å². The first-order valence-electron chi connectivity index (χ1n) is 9.05. The Bertz CT molecular complexity index is 822. The maximum absolute atomic E-state index is 13.4. The fourth-order valence-electron chi connectivity index (χ4n) is 3.97. The first-order chi connectivity index (χ1) is 12.1. The number of carbonyl (C=O) groups is 2. The molecule has 1 saturated carbocycles. The molecule has 4 nitrogen and oxygen atoms in total. The molecule has 1 fully saturated rings. The molecule has 128 valence electrons. The van der Waals surface area contributed by atoms with Crippen molar-refractivity contribution in [2.24, 2.45) is 11.8 Å². The normalized spacial score (nSPS) is 22.8. The number of carbonyl (C=O) groups excluding carboxylic acids is 2. The molecule has 4 heteroatoms. The van der Waals surface area contributed by atoms with E-state index in [0.29, 0.717) is 23.7 Å². The van der Waals surface area contributed by atoms with E-state index in [-0.39, 0.29) is 17.6 Å². The summed E-state index contributed by atoms with van der Waals surface area (Å²) in [5.74, 6) is 1.28. The Labute approximate surface area is 147 Å². The second kappa shape index (κ2) is 6.43. The summed E-state index contributed by atoms with van der Waals surface area (Å²) in [4.78, 5) is 32.2. The number of Topliss-reactive ketones (excluding diaryl/α,β-unsaturated/α-hetero) is 1. The largest absolute Gasteiger partial charge is 0.294 e. The third-order valence-corrected chi connectivity index (χ3v) is 5.47. The van der Waals surface area contributed by atoms with Crippen molar-refractivity contribution in [2.75, 3.05) is 4.90 Å². The predicted octanol–water partition coefficient (Wildman–Crippen LogP) is 4.31. The van der Waals surface area contributed by atoms with Gasteiger partial charge in [-0.3, -0.25) is 14.5 Å². The smallest absolute Gasteiger partial charge is 0.235 e. The van der Waals surface area contributed by atoms with Gasteiger partial charge in [-0.15, -0.1) is 0 Å². The molecular formula is C21H22N2O2. The number of hydrogen-bond donors (Lipinski definition) is 0. The number of ketones is 1. The molecule has 4 rings (SSSR count). The standard InChI is InChI=1S/C21H22N2O2/c1-14-8-10-15(11-9-14)21(25)23-18-7-3-2-5-16(18)13-19(24)17-6-4-12-22-20(17)23/h2-7,12,14-15H,8-11,13H2,1H3. The Kier molecular flexibility index (Phi) is 4.12. The van der Waals surface area contributed by atoms with Crippen LogP contribution in [0.3, 0.4) is 0 Å². The highest BCUT2D eigenvalue weighted by atomic mass is 16.2. The summed E-state index contributed by atoms with van der Waals surface area (Å²) < 4.78 is 0. The fraction of sp³-hybridized carbons (Fsp3) is 0.381. The average Bonchev–Trinajstić information content (AvgIpc) is 2.76. The minimum atomic E-state index is 0.00677. The molecule has 0 saturated heterocycles. The van der Waals surface area contributed by atoms with Gasteiger partial charge in [0, 0.05) is 18.5 Å². The van der Waals surface area contributed by atoms with Crippen molar-refractivity contribution < 1.29 is 9.59 Å². The fourth-order valence-corrected chi connectivity index (χ4v) is 3.97. The van der Waals surface area contributed by atoms with Crippen LogP contribution in [0.1, 0.15) is 48.5 Å². The minimum absolute atomic E-state index is 0.00677. The third kappa shape index (κ3) is 2.86. The van der Waals surface area contributed by atoms with Crippen molar-refractivity contribution in [3.8, 4) is 0 Å². The van der Waals surface area contributed by atoms with E-state index < -0.39 is 0 Å². The van der Waals surface area contributed by atoms with E-state index in [1.165, 1.54) is 0 Å². The van der Waals surface area contributed by atoms with E-state index >= 15 is 0 Å². The molecule has 25 heavy (non-hydrogen) atoms. The van der Waals surface area contributed by atoms with Crippen LogP contribution in [-0.2, 0) is 11.2 Å². The highest BCUT2D eigenvalue weighted by molar-refractivity contribution is 6.11. The quantitative estimate of drug-likeness (QED) is 0.781. The number of aromatic nitrogens is 1. The number of benzene rings is 1. The Morgan fingerprint density at radius 2 is 1.84 bits per heavy atom. The second-order valence-electron chi connectivity index (χ2n) is 7.23. The molecule has 0 bridgehead atoms. The van der Waals surface area contributed by atoms with Crippen molar-refractivity contribution in [1.82, 2.24) is 4.98 Å². The van der Waals surface area contributed by atoms with Crippen LogP contribution in [-0.4, -0.2) is 16.7 Å². The summed E-state index contributed by atoms with van der Waals surface area (Å²) in [6.45, 7) is 2.25. The number of amides is 1. The zero-order chi connectivity index (χ0) is 17.4. The Hall–Kier alpha value is -2.49. The number of anilines is 2. The van der Waals surface area contributed by atoms with Gasteiger partial charge in [0.15, 0.2) is 11.6 Å². The molecule has 0 radical (unpaired) electrons. The molecular weight excluding hydrogens is 312 g/mol. The topological polar surface area (TPSA) is 50.3 Å². The van der Waals surface area contributed by atoms with Crippen LogP contribution in [0.4, 0.5) is 11.5 Å². The number of pyridine rings is 1. The Balaban J connectivity index is 1.81. The highest BCUT2D eigenvalue weighted by Gasteiger charge is 2.35. The van der Waals surface area contributed by atoms with Crippen molar-refractivity contribution in [3.63, 3.8) is 0 Å². The second-order valence-corrected chi connectivity index (χ2v) is 7.23. The summed E-state index contributed by atoms with van der Waals surface area (Å²) in [6, 6.07) is 11.2. The Morgan fingerprint density at radius 3 is 2.64 bits per heavy atom. The van der Waals surface area contributed by atoms with Crippen LogP contribution >= 0.6 is 0 Å². The van der Waals surface area contributed by atoms with E-state index in [4.69, 9.17) is 0 Å². The maximum atomic E-state index is 13.4. The van der Waals surface area contributed by atoms with Crippen LogP contribution in [0.5, 0.6) is 0 Å². The summed E-state index contributed by atoms with van der Waals surface area (Å²) >= 11 is 0. The minimum Gasteiger partial charge on any atom is -0.294 e. The molecule has 2 aliphatic rings. The van der Waals surface area contributed by atoms with Gasteiger partial charge in [-0.1, -0.05) is 25.1 Å². The number of nitrogens with zero attached hydrogens (tertiary/aromatic N) is 2. The van der Waals surface area contributed by atoms with Gasteiger partial charge in [-0.05, 0) is 55.4 Å². The Morgan fingerprint density at radius 1 is 1.08 bits per heavy atom. The summed E-state index contributed by atoms with van der Waals surface area (Å²) in [7, 11) is 0. The molecule has 2 aromatic rings. The van der Waals surface area contributed by atoms with Crippen molar-refractivity contribution in [2.45, 2.75) is 39.0 Å². The SMILES string of the molecule is CC1CCC(C(=O)N2c3ccccc3CC(=O)c3cccnc32)CC1. The molecule has 1 aliphatic heterocycles. The first kappa shape index (κ1) is 16.0. The molecule has 2 heterocycles. The lowest BCUT2D eigenvalue weighted by molar-refractivity contribution is -0.122. The van der Waals surface area contributed by atoms with Crippen LogP contribution < -0.4 is 4.90 Å². The number of hydrogen-bond acceptors (Lipinski definition) is 3. The molecule has 1 aromatic carbocycles. The summed E-state index contributed by atoms with van der Waals surface area (Å²) in [5.41, 5.74) is 2.23. The van der Waals surface area contributed by atoms with E-state index in [9.17, 15) is 9.59 Å². The molecule has 0 unspecified atom stereocenters. The number of para-hydroxylation sites is 1. The summed E-state index contributed by atoms with van der Waals surface area (Å²) in [5, 5.41) is 0. The van der Waals surface area contributed by atoms with Crippen molar-refractivity contribution >= 4 is 23.2 Å². The lowest BCUT2D eigenvalue weighted by atomic mass is 9.82. The zero-order valence-electron chi connectivity index (χ0n) is 14.4. The van der Waals surface area contributed by atoms with Gasteiger partial charge in [-0.2, -0.15) is 0 Å². The van der Waals surface area contributed by atoms with Crippen LogP contribution in [0, 0.1) is 11.8 Å². The van der Waals surface area contributed by atoms with Gasteiger partial charge < -0.3 is 0 Å². The first-order valence-corrected chi connectivity index (χ1v) is 9.05. The molecule has 0 atom stereocenters. The predicted molar refractivity (Wildman–Crippen MR) is 97.0 cm³/mol. The highest BCUT2D eigenvalue weighted by Crippen LogP contribution is 2.38. The zero-order valence-corrected chi connectivity index (χ0v) is 14.4.